The number of hydrogen-bond acceptors (Lipinski definition) is 4. The lowest BCUT2D eigenvalue weighted by Crippen LogP contribution is -2.02. The third-order valence-electron chi connectivity index (χ3n) is 6.45. The summed E-state index contributed by atoms with van der Waals surface area (Å²) in [6, 6.07) is 19.4. The normalized spacial score (nSPS) is 10.9. The Morgan fingerprint density at radius 1 is 0.833 bits per heavy atom. The van der Waals surface area contributed by atoms with Crippen LogP contribution in [0.1, 0.15) is 60.7 Å². The van der Waals surface area contributed by atoms with Gasteiger partial charge in [-0.05, 0) is 59.9 Å². The van der Waals surface area contributed by atoms with Gasteiger partial charge in [-0.1, -0.05) is 68.7 Å². The average Bonchev–Trinajstić information content (AvgIpc) is 2.92. The first-order valence-corrected chi connectivity index (χ1v) is 12.8. The molecule has 0 radical (unpaired) electrons. The quantitative estimate of drug-likeness (QED) is 0.201. The summed E-state index contributed by atoms with van der Waals surface area (Å²) in [5.74, 6) is 1.34. The number of nitrogens with zero attached hydrogens (tertiary/aromatic N) is 3. The van der Waals surface area contributed by atoms with Crippen LogP contribution < -0.4 is 4.74 Å². The minimum absolute atomic E-state index is 0.152. The van der Waals surface area contributed by atoms with Crippen molar-refractivity contribution in [2.45, 2.75) is 58.3 Å². The molecular formula is C31H32FN3O. The van der Waals surface area contributed by atoms with Crippen LogP contribution in [0, 0.1) is 17.1 Å². The summed E-state index contributed by atoms with van der Waals surface area (Å²) in [6.45, 7) is 2.90. The highest BCUT2D eigenvalue weighted by atomic mass is 19.1. The van der Waals surface area contributed by atoms with Gasteiger partial charge >= 0.3 is 0 Å². The number of ether oxygens (including phenoxy) is 1. The molecule has 4 aromatic rings. The van der Waals surface area contributed by atoms with Crippen molar-refractivity contribution in [1.29, 1.82) is 5.26 Å². The summed E-state index contributed by atoms with van der Waals surface area (Å²) in [7, 11) is 0. The van der Waals surface area contributed by atoms with Crippen LogP contribution in [0.2, 0.25) is 0 Å². The molecule has 3 aromatic carbocycles. The Bertz CT molecular complexity index is 1310. The van der Waals surface area contributed by atoms with E-state index in [1.165, 1.54) is 19.3 Å². The minimum atomic E-state index is -0.152. The number of fused-ring (bicyclic) bond motifs is 1. The number of aryl methyl sites for hydroxylation is 4. The zero-order chi connectivity index (χ0) is 25.2. The van der Waals surface area contributed by atoms with E-state index in [1.54, 1.807) is 24.5 Å². The van der Waals surface area contributed by atoms with E-state index in [4.69, 9.17) is 10.00 Å². The fraction of sp³-hybridized carbons (Fsp3) is 0.323. The molecule has 0 aliphatic heterocycles. The van der Waals surface area contributed by atoms with Gasteiger partial charge in [0.05, 0.1) is 30.6 Å². The zero-order valence-electron chi connectivity index (χ0n) is 20.8. The van der Waals surface area contributed by atoms with Gasteiger partial charge < -0.3 is 4.74 Å². The number of nitriles is 1. The van der Waals surface area contributed by atoms with Crippen molar-refractivity contribution < 1.29 is 9.13 Å². The second kappa shape index (κ2) is 12.8. The van der Waals surface area contributed by atoms with E-state index in [0.717, 1.165) is 41.6 Å². The fourth-order valence-electron chi connectivity index (χ4n) is 4.28. The summed E-state index contributed by atoms with van der Waals surface area (Å²) >= 11 is 0. The van der Waals surface area contributed by atoms with Crippen LogP contribution in [0.3, 0.4) is 0 Å². The molecule has 0 spiro atoms. The van der Waals surface area contributed by atoms with Crippen molar-refractivity contribution in [2.75, 3.05) is 6.61 Å². The smallest absolute Gasteiger partial charge is 0.155 e. The van der Waals surface area contributed by atoms with Crippen LogP contribution in [0.25, 0.3) is 10.8 Å². The number of aromatic nitrogens is 2. The molecular weight excluding hydrogens is 449 g/mol. The van der Waals surface area contributed by atoms with Gasteiger partial charge in [0.25, 0.3) is 0 Å². The molecule has 0 aliphatic rings. The average molecular weight is 482 g/mol. The molecule has 0 amide bonds. The Morgan fingerprint density at radius 3 is 2.33 bits per heavy atom. The molecule has 184 valence electrons. The zero-order valence-corrected chi connectivity index (χ0v) is 20.8. The van der Waals surface area contributed by atoms with Gasteiger partial charge in [0.2, 0.25) is 0 Å². The molecule has 0 N–H and O–H groups in total. The highest BCUT2D eigenvalue weighted by Crippen LogP contribution is 2.24. The van der Waals surface area contributed by atoms with Gasteiger partial charge in [0, 0.05) is 11.8 Å². The van der Waals surface area contributed by atoms with Gasteiger partial charge in [-0.15, -0.1) is 0 Å². The second-order valence-electron chi connectivity index (χ2n) is 9.15. The molecule has 36 heavy (non-hydrogen) atoms. The third kappa shape index (κ3) is 6.88. The predicted octanol–water partition coefficient (Wildman–Crippen LogP) is 7.17. The molecule has 0 atom stereocenters. The monoisotopic (exact) mass is 481 g/mol. The first kappa shape index (κ1) is 25.3. The van der Waals surface area contributed by atoms with E-state index < -0.39 is 0 Å². The maximum Gasteiger partial charge on any atom is 0.155 e. The number of halogens is 1. The van der Waals surface area contributed by atoms with E-state index >= 15 is 4.39 Å². The topological polar surface area (TPSA) is 58.8 Å². The van der Waals surface area contributed by atoms with E-state index in [0.29, 0.717) is 41.7 Å². The van der Waals surface area contributed by atoms with E-state index in [9.17, 15) is 0 Å². The van der Waals surface area contributed by atoms with Crippen molar-refractivity contribution in [3.63, 3.8) is 0 Å². The van der Waals surface area contributed by atoms with Gasteiger partial charge in [-0.2, -0.15) is 5.26 Å². The van der Waals surface area contributed by atoms with Crippen molar-refractivity contribution in [1.82, 2.24) is 9.97 Å². The molecule has 5 heteroatoms. The molecule has 0 bridgehead atoms. The minimum Gasteiger partial charge on any atom is -0.490 e. The summed E-state index contributed by atoms with van der Waals surface area (Å²) < 4.78 is 20.9. The first-order valence-electron chi connectivity index (χ1n) is 12.8. The Morgan fingerprint density at radius 2 is 1.58 bits per heavy atom. The standard InChI is InChI=1S/C31H32FN3O/c1-2-3-4-5-18-36-28-21-34-30(35-22-28)17-12-24-11-16-29-27(19-24)15-14-26(31(29)32)13-10-23-6-8-25(20-33)9-7-23/h6-9,11,14-16,19,21-22H,2-5,10,12-13,17-18H2,1H3. The molecule has 0 saturated carbocycles. The Kier molecular flexibility index (Phi) is 8.99. The summed E-state index contributed by atoms with van der Waals surface area (Å²) in [4.78, 5) is 8.88. The maximum atomic E-state index is 15.2. The van der Waals surface area contributed by atoms with Crippen LogP contribution in [-0.2, 0) is 25.7 Å². The van der Waals surface area contributed by atoms with Crippen molar-refractivity contribution >= 4 is 10.8 Å². The molecule has 1 aromatic heterocycles. The Labute approximate surface area is 212 Å². The Hall–Kier alpha value is -3.78. The van der Waals surface area contributed by atoms with Gasteiger partial charge in [-0.3, -0.25) is 0 Å². The number of benzene rings is 3. The maximum absolute atomic E-state index is 15.2. The van der Waals surface area contributed by atoms with E-state index in [-0.39, 0.29) is 5.82 Å². The molecule has 4 rings (SSSR count). The van der Waals surface area contributed by atoms with Crippen LogP contribution >= 0.6 is 0 Å². The van der Waals surface area contributed by atoms with Crippen LogP contribution in [0.15, 0.2) is 67.0 Å². The number of rotatable bonds is 12. The highest BCUT2D eigenvalue weighted by Gasteiger charge is 2.09. The van der Waals surface area contributed by atoms with Crippen molar-refractivity contribution in [3.05, 3.63) is 101 Å². The molecule has 1 heterocycles. The highest BCUT2D eigenvalue weighted by molar-refractivity contribution is 5.84. The summed E-state index contributed by atoms with van der Waals surface area (Å²) in [6.07, 6.45) is 11.0. The van der Waals surface area contributed by atoms with E-state index in [2.05, 4.69) is 29.0 Å². The lowest BCUT2D eigenvalue weighted by atomic mass is 9.98. The molecule has 0 fully saturated rings. The lowest BCUT2D eigenvalue weighted by Gasteiger charge is -2.09. The van der Waals surface area contributed by atoms with Gasteiger partial charge in [-0.25, -0.2) is 14.4 Å². The SMILES string of the molecule is CCCCCCOc1cnc(CCc2ccc3c(F)c(CCc4ccc(C#N)cc4)ccc3c2)nc1. The third-order valence-corrected chi connectivity index (χ3v) is 6.45. The van der Waals surface area contributed by atoms with Crippen LogP contribution in [0.5, 0.6) is 5.75 Å². The lowest BCUT2D eigenvalue weighted by molar-refractivity contribution is 0.302. The molecule has 4 nitrogen and oxygen atoms in total. The molecule has 0 unspecified atom stereocenters. The molecule has 0 aliphatic carbocycles. The summed E-state index contributed by atoms with van der Waals surface area (Å²) in [5, 5.41) is 10.5. The van der Waals surface area contributed by atoms with Gasteiger partial charge in [0.15, 0.2) is 5.75 Å². The molecule has 0 saturated heterocycles. The largest absolute Gasteiger partial charge is 0.490 e. The van der Waals surface area contributed by atoms with Crippen LogP contribution in [0.4, 0.5) is 4.39 Å². The second-order valence-corrected chi connectivity index (χ2v) is 9.15. The van der Waals surface area contributed by atoms with E-state index in [1.807, 2.05) is 36.4 Å². The van der Waals surface area contributed by atoms with Crippen LogP contribution in [-0.4, -0.2) is 16.6 Å². The first-order chi connectivity index (χ1) is 17.7. The predicted molar refractivity (Wildman–Crippen MR) is 142 cm³/mol. The number of unbranched alkanes of at least 4 members (excludes halogenated alkanes) is 3. The fourth-order valence-corrected chi connectivity index (χ4v) is 4.28. The van der Waals surface area contributed by atoms with Crippen molar-refractivity contribution in [3.8, 4) is 11.8 Å². The van der Waals surface area contributed by atoms with Crippen molar-refractivity contribution in [2.24, 2.45) is 0 Å². The van der Waals surface area contributed by atoms with Gasteiger partial charge in [0.1, 0.15) is 11.6 Å². The number of hydrogen-bond donors (Lipinski definition) is 0. The Balaban J connectivity index is 1.32. The summed E-state index contributed by atoms with van der Waals surface area (Å²) in [5.41, 5.74) is 3.57.